The molecule has 1 aliphatic carbocycles. The van der Waals surface area contributed by atoms with Crippen molar-refractivity contribution >= 4 is 58.6 Å². The van der Waals surface area contributed by atoms with Gasteiger partial charge in [0.05, 0.1) is 0 Å². The first-order valence-corrected chi connectivity index (χ1v) is 12.7. The van der Waals surface area contributed by atoms with Crippen LogP contribution in [0.5, 0.6) is 0 Å². The van der Waals surface area contributed by atoms with Gasteiger partial charge in [-0.3, -0.25) is 4.79 Å². The van der Waals surface area contributed by atoms with E-state index in [-0.39, 0.29) is 40.6 Å². The Hall–Kier alpha value is -3.10. The second-order valence-electron chi connectivity index (χ2n) is 10.8. The van der Waals surface area contributed by atoms with Crippen molar-refractivity contribution in [2.24, 2.45) is 17.8 Å². The smallest absolute Gasteiger partial charge is 0.681 e. The first-order chi connectivity index (χ1) is 17.5. The van der Waals surface area contributed by atoms with Gasteiger partial charge >= 0.3 is 29.0 Å². The van der Waals surface area contributed by atoms with E-state index in [1.165, 1.54) is 0 Å². The Morgan fingerprint density at radius 2 is 1.34 bits per heavy atom. The van der Waals surface area contributed by atoms with E-state index >= 15 is 0 Å². The number of hydrogen-bond acceptors (Lipinski definition) is 2. The maximum Gasteiger partial charge on any atom is 2.00 e. The fraction of sp³-hybridized carbons (Fsp3) is 0.367. The average Bonchev–Trinajstić information content (AvgIpc) is 3.56. The minimum absolute atomic E-state index is 0. The maximum atomic E-state index is 12.4. The molecule has 0 saturated carbocycles. The molecule has 8 heteroatoms. The molecular weight excluding hydrogens is 489 g/mol. The molecule has 2 aliphatic heterocycles. The number of nitrogens with zero attached hydrogens (tertiary/aromatic N) is 4. The van der Waals surface area contributed by atoms with E-state index in [0.29, 0.717) is 21.8 Å². The molecule has 0 spiro atoms. The summed E-state index contributed by atoms with van der Waals surface area (Å²) in [5.74, 6) is -2.27. The van der Waals surface area contributed by atoms with Gasteiger partial charge in [0, 0.05) is 5.22 Å². The number of aliphatic carboxylic acids is 1. The molecule has 5 heterocycles. The zero-order valence-corrected chi connectivity index (χ0v) is 24.3. The molecule has 38 heavy (non-hydrogen) atoms. The summed E-state index contributed by atoms with van der Waals surface area (Å²) < 4.78 is 0. The molecule has 3 aromatic rings. The summed E-state index contributed by atoms with van der Waals surface area (Å²) in [6.07, 6.45) is 6.02. The Morgan fingerprint density at radius 3 is 1.92 bits per heavy atom. The molecule has 1 unspecified atom stereocenters. The molecule has 192 valence electrons. The first-order valence-electron chi connectivity index (χ1n) is 12.7. The second kappa shape index (κ2) is 8.98. The van der Waals surface area contributed by atoms with Crippen LogP contribution < -0.4 is 36.2 Å². The van der Waals surface area contributed by atoms with E-state index in [1.807, 2.05) is 32.1 Å². The Bertz CT molecular complexity index is 1800. The van der Waals surface area contributed by atoms with Crippen LogP contribution in [0, 0.1) is 52.4 Å². The van der Waals surface area contributed by atoms with Crippen LogP contribution >= 0.6 is 0 Å². The van der Waals surface area contributed by atoms with Crippen LogP contribution in [0.4, 0.5) is 0 Å². The van der Waals surface area contributed by atoms with Gasteiger partial charge in [-0.25, -0.2) is 0 Å². The number of hydrogen-bond donors (Lipinski definition) is 2. The third-order valence-corrected chi connectivity index (χ3v) is 8.92. The third-order valence-electron chi connectivity index (χ3n) is 8.92. The zero-order valence-electron chi connectivity index (χ0n) is 22.8. The molecule has 1 fully saturated rings. The van der Waals surface area contributed by atoms with Gasteiger partial charge in [-0.15, -0.1) is 33.1 Å². The van der Waals surface area contributed by atoms with Crippen LogP contribution in [0.2, 0.25) is 0 Å². The molecule has 0 radical (unpaired) electrons. The minimum Gasteiger partial charge on any atom is -0.681 e. The van der Waals surface area contributed by atoms with Gasteiger partial charge in [0.1, 0.15) is 11.7 Å². The molecule has 2 N–H and O–H groups in total. The Morgan fingerprint density at radius 1 is 0.789 bits per heavy atom. The van der Waals surface area contributed by atoms with Crippen molar-refractivity contribution in [1.82, 2.24) is 15.0 Å². The van der Waals surface area contributed by atoms with E-state index in [2.05, 4.69) is 34.6 Å². The molecular formula is C30H30MgN4O3-2. The maximum absolute atomic E-state index is 12.4. The average molecular weight is 519 g/mol. The molecule has 8 bridgehead atoms. The number of carboxylic acid groups (broad SMARTS) is 1. The second-order valence-corrected chi connectivity index (χ2v) is 10.8. The predicted molar refractivity (Wildman–Crippen MR) is 148 cm³/mol. The summed E-state index contributed by atoms with van der Waals surface area (Å²) in [7, 11) is 0. The van der Waals surface area contributed by atoms with Crippen LogP contribution in [0.3, 0.4) is 0 Å². The van der Waals surface area contributed by atoms with E-state index in [4.69, 9.17) is 20.3 Å². The monoisotopic (exact) mass is 518 g/mol. The summed E-state index contributed by atoms with van der Waals surface area (Å²) in [5.41, 5.74) is 9.00. The molecule has 4 atom stereocenters. The number of fused-ring (bicyclic) bond motifs is 8. The quantitative estimate of drug-likeness (QED) is 0.469. The number of aliphatic hydroxyl groups is 1. The summed E-state index contributed by atoms with van der Waals surface area (Å²) in [6.45, 7) is 14.3. The van der Waals surface area contributed by atoms with Crippen molar-refractivity contribution in [3.05, 3.63) is 77.2 Å². The largest absolute Gasteiger partial charge is 2.00 e. The van der Waals surface area contributed by atoms with Crippen LogP contribution in [0.25, 0.3) is 34.9 Å². The standard InChI is InChI=1S/C30H30N4O3.Mg/c1-11-13(3)20-9-22-15(5)16(6)27(33-22)25-26(30(36)37)29(35)24-17(7)23(34-28(24)25)10-21-14(4)12(2)19(32-21)8-18(11)31-20;/h8-10,15-16,26-27,35H,1-7H3,(H,36,37);/q-4;+2/b19-8-,21-10-,22-9+;/t15-,16-,26+,27?;/m0./s1. The van der Waals surface area contributed by atoms with Crippen LogP contribution in [0.15, 0.2) is 5.70 Å². The zero-order chi connectivity index (χ0) is 26.5. The van der Waals surface area contributed by atoms with Gasteiger partial charge in [-0.05, 0) is 46.5 Å². The van der Waals surface area contributed by atoms with Crippen molar-refractivity contribution in [2.75, 3.05) is 0 Å². The molecule has 1 saturated heterocycles. The number of rotatable bonds is 1. The topological polar surface area (TPSA) is 114 Å². The molecule has 0 amide bonds. The number of carboxylic acids is 1. The van der Waals surface area contributed by atoms with Crippen LogP contribution in [0.1, 0.15) is 58.7 Å². The van der Waals surface area contributed by atoms with Crippen molar-refractivity contribution < 1.29 is 15.0 Å². The van der Waals surface area contributed by atoms with Gasteiger partial charge in [-0.2, -0.15) is 5.70 Å². The summed E-state index contributed by atoms with van der Waals surface area (Å²) >= 11 is 0. The summed E-state index contributed by atoms with van der Waals surface area (Å²) in [6, 6.07) is -0.407. The fourth-order valence-corrected chi connectivity index (χ4v) is 6.00. The Kier molecular flexibility index (Phi) is 6.27. The van der Waals surface area contributed by atoms with Gasteiger partial charge < -0.3 is 30.5 Å². The van der Waals surface area contributed by atoms with Gasteiger partial charge in [0.2, 0.25) is 0 Å². The van der Waals surface area contributed by atoms with E-state index in [9.17, 15) is 15.0 Å². The first kappa shape index (κ1) is 26.5. The minimum atomic E-state index is -1.15. The molecule has 7 nitrogen and oxygen atoms in total. The van der Waals surface area contributed by atoms with Crippen molar-refractivity contribution in [3.63, 3.8) is 0 Å². The van der Waals surface area contributed by atoms with E-state index < -0.39 is 17.9 Å². The normalized spacial score (nSPS) is 26.6. The van der Waals surface area contributed by atoms with Gasteiger partial charge in [0.25, 0.3) is 0 Å². The summed E-state index contributed by atoms with van der Waals surface area (Å²) in [5, 5.41) is 29.1. The van der Waals surface area contributed by atoms with E-state index in [1.54, 1.807) is 0 Å². The SMILES string of the molecule is Cc1c2[n-]c(c1C)/C=C1/[N-]C(C3=c4[n-]c(c(C)c4=C(O)[C@@H]3C(=O)O)/C=c3\[n-]/c(c(C)c3C)=C\2)[C@@H](C)[C@@H]1C.[Mg+2]. The van der Waals surface area contributed by atoms with Crippen molar-refractivity contribution in [1.29, 1.82) is 0 Å². The number of carbonyl (C=O) groups is 1. The number of aromatic nitrogens is 3. The predicted octanol–water partition coefficient (Wildman–Crippen LogP) is 1.29. The number of allylic oxidation sites excluding steroid dienone is 1. The molecule has 3 aromatic heterocycles. The Labute approximate surface area is 237 Å². The van der Waals surface area contributed by atoms with Gasteiger partial charge in [-0.1, -0.05) is 71.5 Å². The third kappa shape index (κ3) is 3.56. The summed E-state index contributed by atoms with van der Waals surface area (Å²) in [4.78, 5) is 27.2. The fourth-order valence-electron chi connectivity index (χ4n) is 6.00. The van der Waals surface area contributed by atoms with Crippen LogP contribution in [-0.2, 0) is 4.79 Å². The molecule has 6 rings (SSSR count). The molecule has 0 aromatic carbocycles. The number of aliphatic hydroxyl groups excluding tert-OH is 1. The van der Waals surface area contributed by atoms with E-state index in [0.717, 1.165) is 55.6 Å². The molecule has 3 aliphatic rings. The van der Waals surface area contributed by atoms with Crippen molar-refractivity contribution in [3.8, 4) is 0 Å². The van der Waals surface area contributed by atoms with Gasteiger partial charge in [0.15, 0.2) is 0 Å². The van der Waals surface area contributed by atoms with Crippen molar-refractivity contribution in [2.45, 2.75) is 54.5 Å². The van der Waals surface area contributed by atoms with Crippen LogP contribution in [-0.4, -0.2) is 45.3 Å². The Balaban J connectivity index is 0.00000294.